The van der Waals surface area contributed by atoms with Crippen LogP contribution in [-0.4, -0.2) is 94.9 Å². The Balaban J connectivity index is 2.76. The summed E-state index contributed by atoms with van der Waals surface area (Å²) in [7, 11) is 8.89. The van der Waals surface area contributed by atoms with Gasteiger partial charge in [-0.25, -0.2) is 0 Å². The van der Waals surface area contributed by atoms with Crippen LogP contribution in [0, 0.1) is 0 Å². The molecule has 12 heteroatoms. The maximum absolute atomic E-state index is 11.8. The molecule has 0 atom stereocenters. The van der Waals surface area contributed by atoms with E-state index >= 15 is 0 Å². The summed E-state index contributed by atoms with van der Waals surface area (Å²) >= 11 is 0. The lowest BCUT2D eigenvalue weighted by atomic mass is 9.82. The standard InChI is InChI=1S/C26H36N2O10/c1-33-18-7-16(8-19(34-2)24(18)37-5)11-26(15-27,28(13-22(29)30)14-23(31)32)12-17-9-20(35-3)25(38-6)21(10-17)36-4/h7-10H,11-15,27H2,1-6H3,(H,29,30)(H,31,32). The first kappa shape index (κ1) is 30.3. The highest BCUT2D eigenvalue weighted by Gasteiger charge is 2.39. The van der Waals surface area contributed by atoms with E-state index in [0.29, 0.717) is 45.6 Å². The van der Waals surface area contributed by atoms with E-state index in [1.807, 2.05) is 0 Å². The Kier molecular flexibility index (Phi) is 10.8. The average molecular weight is 537 g/mol. The zero-order valence-electron chi connectivity index (χ0n) is 22.5. The molecule has 0 fully saturated rings. The molecule has 0 unspecified atom stereocenters. The van der Waals surface area contributed by atoms with E-state index in [1.165, 1.54) is 47.6 Å². The predicted molar refractivity (Wildman–Crippen MR) is 138 cm³/mol. The number of hydrogen-bond acceptors (Lipinski definition) is 10. The Bertz CT molecular complexity index is 990. The predicted octanol–water partition coefficient (Wildman–Crippen LogP) is 1.69. The molecule has 4 N–H and O–H groups in total. The average Bonchev–Trinajstić information content (AvgIpc) is 2.90. The largest absolute Gasteiger partial charge is 0.493 e. The van der Waals surface area contributed by atoms with Gasteiger partial charge in [-0.05, 0) is 48.2 Å². The van der Waals surface area contributed by atoms with E-state index in [4.69, 9.17) is 34.2 Å². The van der Waals surface area contributed by atoms with E-state index < -0.39 is 30.6 Å². The van der Waals surface area contributed by atoms with Crippen LogP contribution in [0.2, 0.25) is 0 Å². The number of carboxylic acid groups (broad SMARTS) is 2. The van der Waals surface area contributed by atoms with Crippen molar-refractivity contribution in [2.45, 2.75) is 18.4 Å². The number of carboxylic acids is 2. The van der Waals surface area contributed by atoms with Crippen LogP contribution >= 0.6 is 0 Å². The molecule has 0 saturated heterocycles. The molecule has 210 valence electrons. The summed E-state index contributed by atoms with van der Waals surface area (Å²) in [6, 6.07) is 6.89. The van der Waals surface area contributed by atoms with Gasteiger partial charge >= 0.3 is 11.9 Å². The van der Waals surface area contributed by atoms with Gasteiger partial charge in [-0.15, -0.1) is 0 Å². The fourth-order valence-corrected chi connectivity index (χ4v) is 4.51. The summed E-state index contributed by atoms with van der Waals surface area (Å²) < 4.78 is 32.7. The normalized spacial score (nSPS) is 11.2. The lowest BCUT2D eigenvalue weighted by Gasteiger charge is -2.42. The third-order valence-electron chi connectivity index (χ3n) is 6.22. The number of aliphatic carboxylic acids is 2. The maximum Gasteiger partial charge on any atom is 0.317 e. The molecule has 0 aromatic heterocycles. The van der Waals surface area contributed by atoms with Crippen LogP contribution in [0.5, 0.6) is 34.5 Å². The van der Waals surface area contributed by atoms with Crippen LogP contribution in [-0.2, 0) is 22.4 Å². The third-order valence-corrected chi connectivity index (χ3v) is 6.22. The molecule has 0 saturated carbocycles. The van der Waals surface area contributed by atoms with Crippen molar-refractivity contribution in [1.82, 2.24) is 4.90 Å². The van der Waals surface area contributed by atoms with E-state index in [2.05, 4.69) is 0 Å². The first-order valence-electron chi connectivity index (χ1n) is 11.6. The van der Waals surface area contributed by atoms with E-state index in [1.54, 1.807) is 24.3 Å². The molecule has 12 nitrogen and oxygen atoms in total. The topological polar surface area (TPSA) is 159 Å². The van der Waals surface area contributed by atoms with E-state index in [-0.39, 0.29) is 19.4 Å². The summed E-state index contributed by atoms with van der Waals surface area (Å²) in [5.74, 6) is -0.0543. The quantitative estimate of drug-likeness (QED) is 0.285. The smallest absolute Gasteiger partial charge is 0.317 e. The number of carbonyl (C=O) groups is 2. The van der Waals surface area contributed by atoms with Gasteiger partial charge in [0.15, 0.2) is 23.0 Å². The monoisotopic (exact) mass is 536 g/mol. The Morgan fingerprint density at radius 3 is 1.21 bits per heavy atom. The van der Waals surface area contributed by atoms with Gasteiger partial charge < -0.3 is 44.4 Å². The van der Waals surface area contributed by atoms with Crippen LogP contribution in [0.1, 0.15) is 11.1 Å². The Labute approximate surface area is 221 Å². The van der Waals surface area contributed by atoms with Crippen LogP contribution in [0.15, 0.2) is 24.3 Å². The molecule has 0 aliphatic rings. The molecule has 0 amide bonds. The van der Waals surface area contributed by atoms with Crippen LogP contribution in [0.4, 0.5) is 0 Å². The van der Waals surface area contributed by atoms with Gasteiger partial charge in [-0.2, -0.15) is 0 Å². The second-order valence-electron chi connectivity index (χ2n) is 8.49. The molecular formula is C26H36N2O10. The van der Waals surface area contributed by atoms with Gasteiger partial charge in [0.05, 0.1) is 55.7 Å². The molecule has 0 bridgehead atoms. The minimum atomic E-state index is -1.20. The number of benzene rings is 2. The maximum atomic E-state index is 11.8. The highest BCUT2D eigenvalue weighted by Crippen LogP contribution is 2.42. The number of nitrogens with two attached hydrogens (primary N) is 1. The minimum Gasteiger partial charge on any atom is -0.493 e. The number of methoxy groups -OCH3 is 6. The van der Waals surface area contributed by atoms with Crippen molar-refractivity contribution in [1.29, 1.82) is 0 Å². The molecule has 0 aliphatic heterocycles. The summed E-state index contributed by atoms with van der Waals surface area (Å²) in [5.41, 5.74) is 6.50. The number of nitrogens with zero attached hydrogens (tertiary/aromatic N) is 1. The highest BCUT2D eigenvalue weighted by molar-refractivity contribution is 5.73. The number of ether oxygens (including phenoxy) is 6. The zero-order valence-corrected chi connectivity index (χ0v) is 22.5. The van der Waals surface area contributed by atoms with Crippen molar-refractivity contribution in [3.63, 3.8) is 0 Å². The number of hydrogen-bond donors (Lipinski definition) is 3. The van der Waals surface area contributed by atoms with Crippen molar-refractivity contribution in [3.8, 4) is 34.5 Å². The fraction of sp³-hybridized carbons (Fsp3) is 0.462. The van der Waals surface area contributed by atoms with Gasteiger partial charge in [0.25, 0.3) is 0 Å². The first-order chi connectivity index (χ1) is 18.1. The van der Waals surface area contributed by atoms with Crippen molar-refractivity contribution in [2.75, 3.05) is 62.3 Å². The molecule has 0 heterocycles. The molecule has 0 aliphatic carbocycles. The lowest BCUT2D eigenvalue weighted by Crippen LogP contribution is -2.59. The molecule has 0 spiro atoms. The summed E-state index contributed by atoms with van der Waals surface area (Å²) in [5, 5.41) is 19.3. The van der Waals surface area contributed by atoms with Crippen molar-refractivity contribution >= 4 is 11.9 Å². The van der Waals surface area contributed by atoms with Gasteiger partial charge in [0.1, 0.15) is 0 Å². The first-order valence-corrected chi connectivity index (χ1v) is 11.6. The molecule has 2 aromatic carbocycles. The zero-order chi connectivity index (χ0) is 28.5. The van der Waals surface area contributed by atoms with E-state index in [0.717, 1.165) is 0 Å². The van der Waals surface area contributed by atoms with Crippen molar-refractivity contribution in [2.24, 2.45) is 5.73 Å². The highest BCUT2D eigenvalue weighted by atomic mass is 16.5. The Morgan fingerprint density at radius 1 is 0.684 bits per heavy atom. The van der Waals surface area contributed by atoms with Gasteiger partial charge in [0, 0.05) is 12.1 Å². The second-order valence-corrected chi connectivity index (χ2v) is 8.49. The van der Waals surface area contributed by atoms with Gasteiger partial charge in [0.2, 0.25) is 11.5 Å². The van der Waals surface area contributed by atoms with Crippen LogP contribution in [0.3, 0.4) is 0 Å². The summed E-state index contributed by atoms with van der Waals surface area (Å²) in [6.07, 6.45) is 0.300. The Hall–Kier alpha value is -3.90. The van der Waals surface area contributed by atoms with Crippen LogP contribution < -0.4 is 34.2 Å². The van der Waals surface area contributed by atoms with Crippen molar-refractivity contribution in [3.05, 3.63) is 35.4 Å². The molecular weight excluding hydrogens is 500 g/mol. The summed E-state index contributed by atoms with van der Waals surface area (Å²) in [4.78, 5) is 25.0. The Morgan fingerprint density at radius 2 is 1.00 bits per heavy atom. The summed E-state index contributed by atoms with van der Waals surface area (Å²) in [6.45, 7) is -1.20. The minimum absolute atomic E-state index is 0.0825. The third kappa shape index (κ3) is 6.90. The van der Waals surface area contributed by atoms with Gasteiger partial charge in [-0.1, -0.05) is 0 Å². The lowest BCUT2D eigenvalue weighted by molar-refractivity contribution is -0.145. The second kappa shape index (κ2) is 13.6. The van der Waals surface area contributed by atoms with E-state index in [9.17, 15) is 19.8 Å². The number of rotatable bonds is 16. The molecule has 2 aromatic rings. The SMILES string of the molecule is COc1cc(CC(CN)(Cc2cc(OC)c(OC)c(OC)c2)N(CC(=O)O)CC(=O)O)cc(OC)c1OC. The molecule has 2 rings (SSSR count). The van der Waals surface area contributed by atoms with Crippen LogP contribution in [0.25, 0.3) is 0 Å². The molecule has 38 heavy (non-hydrogen) atoms. The van der Waals surface area contributed by atoms with Gasteiger partial charge in [-0.3, -0.25) is 14.5 Å². The fourth-order valence-electron chi connectivity index (χ4n) is 4.51. The molecule has 0 radical (unpaired) electrons. The van der Waals surface area contributed by atoms with Crippen molar-refractivity contribution < 1.29 is 48.2 Å².